The summed E-state index contributed by atoms with van der Waals surface area (Å²) < 4.78 is 0. The van der Waals surface area contributed by atoms with Crippen LogP contribution < -0.4 is 5.73 Å². The number of nitrogen functional groups attached to an aromatic ring is 1. The third-order valence-corrected chi connectivity index (χ3v) is 3.08. The summed E-state index contributed by atoms with van der Waals surface area (Å²) >= 11 is 0. The molecule has 0 unspecified atom stereocenters. The first-order valence-corrected chi connectivity index (χ1v) is 6.48. The van der Waals surface area contributed by atoms with Gasteiger partial charge in [0.15, 0.2) is 5.82 Å². The van der Waals surface area contributed by atoms with Crippen LogP contribution in [-0.4, -0.2) is 15.0 Å². The summed E-state index contributed by atoms with van der Waals surface area (Å²) in [6.07, 6.45) is 0. The number of pyridine rings is 1. The van der Waals surface area contributed by atoms with Crippen LogP contribution in [0.1, 0.15) is 42.4 Å². The molecule has 0 bridgehead atoms. The van der Waals surface area contributed by atoms with Crippen molar-refractivity contribution < 1.29 is 0 Å². The number of hydrogen-bond donors (Lipinski definition) is 1. The van der Waals surface area contributed by atoms with Crippen molar-refractivity contribution in [3.8, 4) is 11.4 Å². The van der Waals surface area contributed by atoms with Gasteiger partial charge >= 0.3 is 0 Å². The number of aromatic nitrogens is 3. The number of aryl methyl sites for hydroxylation is 3. The Balaban J connectivity index is 2.58. The van der Waals surface area contributed by atoms with Gasteiger partial charge < -0.3 is 5.73 Å². The molecule has 2 aromatic rings. The van der Waals surface area contributed by atoms with Gasteiger partial charge in [-0.2, -0.15) is 0 Å². The van der Waals surface area contributed by atoms with Gasteiger partial charge in [0.25, 0.3) is 0 Å². The second kappa shape index (κ2) is 4.96. The van der Waals surface area contributed by atoms with E-state index in [0.717, 1.165) is 28.2 Å². The van der Waals surface area contributed by atoms with Crippen LogP contribution >= 0.6 is 0 Å². The molecule has 0 saturated carbocycles. The molecule has 0 atom stereocenters. The zero-order valence-electron chi connectivity index (χ0n) is 12.2. The molecule has 0 amide bonds. The number of rotatable bonds is 2. The van der Waals surface area contributed by atoms with Crippen LogP contribution in [0, 0.1) is 20.8 Å². The van der Waals surface area contributed by atoms with Crippen LogP contribution in [0.25, 0.3) is 11.4 Å². The fraction of sp³-hybridized carbons (Fsp3) is 0.400. The molecule has 2 aromatic heterocycles. The minimum absolute atomic E-state index is 0.329. The molecule has 4 nitrogen and oxygen atoms in total. The van der Waals surface area contributed by atoms with Gasteiger partial charge in [-0.15, -0.1) is 0 Å². The van der Waals surface area contributed by atoms with E-state index in [1.807, 2.05) is 32.9 Å². The maximum atomic E-state index is 6.07. The Hall–Kier alpha value is -1.97. The molecule has 0 aliphatic heterocycles. The van der Waals surface area contributed by atoms with Crippen molar-refractivity contribution in [2.24, 2.45) is 0 Å². The number of nitrogens with zero attached hydrogens (tertiary/aromatic N) is 3. The second-order valence-corrected chi connectivity index (χ2v) is 5.22. The van der Waals surface area contributed by atoms with E-state index in [4.69, 9.17) is 5.73 Å². The molecule has 2 heterocycles. The van der Waals surface area contributed by atoms with Crippen LogP contribution in [0.15, 0.2) is 12.1 Å². The van der Waals surface area contributed by atoms with Gasteiger partial charge in [0, 0.05) is 28.2 Å². The van der Waals surface area contributed by atoms with E-state index in [9.17, 15) is 0 Å². The lowest BCUT2D eigenvalue weighted by atomic mass is 10.0. The fourth-order valence-corrected chi connectivity index (χ4v) is 2.41. The number of hydrogen-bond acceptors (Lipinski definition) is 4. The Morgan fingerprint density at radius 1 is 0.947 bits per heavy atom. The van der Waals surface area contributed by atoms with Crippen molar-refractivity contribution in [3.05, 3.63) is 34.8 Å². The molecular weight excluding hydrogens is 236 g/mol. The van der Waals surface area contributed by atoms with Crippen molar-refractivity contribution in [1.29, 1.82) is 0 Å². The minimum atomic E-state index is 0.329. The van der Waals surface area contributed by atoms with E-state index in [2.05, 4.69) is 28.8 Å². The first kappa shape index (κ1) is 13.5. The van der Waals surface area contributed by atoms with Crippen molar-refractivity contribution in [1.82, 2.24) is 15.0 Å². The van der Waals surface area contributed by atoms with E-state index >= 15 is 0 Å². The van der Waals surface area contributed by atoms with Crippen molar-refractivity contribution in [2.75, 3.05) is 5.73 Å². The van der Waals surface area contributed by atoms with Crippen LogP contribution in [0.3, 0.4) is 0 Å². The molecule has 2 N–H and O–H groups in total. The molecular formula is C15H20N4. The first-order chi connectivity index (χ1) is 8.88. The van der Waals surface area contributed by atoms with Gasteiger partial charge in [0.2, 0.25) is 0 Å². The normalized spacial score (nSPS) is 11.1. The topological polar surface area (TPSA) is 64.7 Å². The summed E-state index contributed by atoms with van der Waals surface area (Å²) in [7, 11) is 0. The zero-order valence-corrected chi connectivity index (χ0v) is 12.2. The highest BCUT2D eigenvalue weighted by Gasteiger charge is 2.13. The van der Waals surface area contributed by atoms with Crippen molar-refractivity contribution in [2.45, 2.75) is 40.5 Å². The molecule has 0 radical (unpaired) electrons. The summed E-state index contributed by atoms with van der Waals surface area (Å²) in [6.45, 7) is 10.1. The quantitative estimate of drug-likeness (QED) is 0.896. The summed E-state index contributed by atoms with van der Waals surface area (Å²) in [6, 6.07) is 3.96. The van der Waals surface area contributed by atoms with Crippen LogP contribution in [0.4, 0.5) is 5.82 Å². The van der Waals surface area contributed by atoms with Gasteiger partial charge in [0.1, 0.15) is 5.82 Å². The average Bonchev–Trinajstić information content (AvgIpc) is 2.25. The first-order valence-electron chi connectivity index (χ1n) is 6.48. The van der Waals surface area contributed by atoms with Crippen LogP contribution in [0.5, 0.6) is 0 Å². The molecule has 0 aromatic carbocycles. The molecule has 100 valence electrons. The summed E-state index contributed by atoms with van der Waals surface area (Å²) in [5, 5.41) is 0. The smallest absolute Gasteiger partial charge is 0.161 e. The lowest BCUT2D eigenvalue weighted by molar-refractivity contribution is 0.836. The van der Waals surface area contributed by atoms with E-state index in [-0.39, 0.29) is 0 Å². The Kier molecular flexibility index (Phi) is 3.51. The Bertz CT molecular complexity index is 574. The molecule has 0 spiro atoms. The average molecular weight is 256 g/mol. The largest absolute Gasteiger partial charge is 0.383 e. The van der Waals surface area contributed by atoms with E-state index in [1.54, 1.807) is 0 Å². The predicted octanol–water partition coefficient (Wildman–Crippen LogP) is 3.17. The summed E-state index contributed by atoms with van der Waals surface area (Å²) in [5.41, 5.74) is 10.9. The molecule has 19 heavy (non-hydrogen) atoms. The van der Waals surface area contributed by atoms with Crippen molar-refractivity contribution in [3.63, 3.8) is 0 Å². The molecule has 0 saturated heterocycles. The van der Waals surface area contributed by atoms with Crippen molar-refractivity contribution >= 4 is 5.82 Å². The standard InChI is InChI=1S/C15H20N4/c1-8(2)13-11(5)18-15(19-14(13)16)12-6-9(3)17-10(4)7-12/h6-8H,1-5H3,(H2,16,18,19). The van der Waals surface area contributed by atoms with Gasteiger partial charge in [0.05, 0.1) is 0 Å². The maximum Gasteiger partial charge on any atom is 0.161 e. The van der Waals surface area contributed by atoms with Crippen LogP contribution in [-0.2, 0) is 0 Å². The molecule has 0 aliphatic carbocycles. The number of anilines is 1. The molecule has 0 fully saturated rings. The fourth-order valence-electron chi connectivity index (χ4n) is 2.41. The van der Waals surface area contributed by atoms with Gasteiger partial charge in [-0.25, -0.2) is 9.97 Å². The third kappa shape index (κ3) is 2.72. The minimum Gasteiger partial charge on any atom is -0.383 e. The van der Waals surface area contributed by atoms with E-state index in [0.29, 0.717) is 17.6 Å². The second-order valence-electron chi connectivity index (χ2n) is 5.22. The third-order valence-electron chi connectivity index (χ3n) is 3.08. The number of nitrogens with two attached hydrogens (primary N) is 1. The molecule has 4 heteroatoms. The summed E-state index contributed by atoms with van der Waals surface area (Å²) in [4.78, 5) is 13.4. The molecule has 0 aliphatic rings. The maximum absolute atomic E-state index is 6.07. The Labute approximate surface area is 114 Å². The van der Waals surface area contributed by atoms with Crippen LogP contribution in [0.2, 0.25) is 0 Å². The highest BCUT2D eigenvalue weighted by Crippen LogP contribution is 2.26. The summed E-state index contributed by atoms with van der Waals surface area (Å²) in [5.74, 6) is 1.58. The molecule has 2 rings (SSSR count). The Morgan fingerprint density at radius 2 is 1.53 bits per heavy atom. The Morgan fingerprint density at radius 3 is 2.00 bits per heavy atom. The SMILES string of the molecule is Cc1cc(-c2nc(C)c(C(C)C)c(N)n2)cc(C)n1. The van der Waals surface area contributed by atoms with E-state index in [1.165, 1.54) is 0 Å². The van der Waals surface area contributed by atoms with E-state index < -0.39 is 0 Å². The monoisotopic (exact) mass is 256 g/mol. The lowest BCUT2D eigenvalue weighted by Gasteiger charge is -2.13. The van der Waals surface area contributed by atoms with Gasteiger partial charge in [-0.3, -0.25) is 4.98 Å². The zero-order chi connectivity index (χ0) is 14.2. The van der Waals surface area contributed by atoms with Gasteiger partial charge in [-0.1, -0.05) is 13.8 Å². The lowest BCUT2D eigenvalue weighted by Crippen LogP contribution is -2.07. The highest BCUT2D eigenvalue weighted by molar-refractivity contribution is 5.60. The predicted molar refractivity (Wildman–Crippen MR) is 78.0 cm³/mol. The highest BCUT2D eigenvalue weighted by atomic mass is 15.0. The van der Waals surface area contributed by atoms with Gasteiger partial charge in [-0.05, 0) is 38.8 Å².